The smallest absolute Gasteiger partial charge is 0.326 e. The summed E-state index contributed by atoms with van der Waals surface area (Å²) in [5.74, 6) is 0.554. The molecule has 1 heterocycles. The first kappa shape index (κ1) is 13.1. The van der Waals surface area contributed by atoms with Gasteiger partial charge in [0.15, 0.2) is 0 Å². The van der Waals surface area contributed by atoms with Gasteiger partial charge in [0.25, 0.3) is 0 Å². The lowest BCUT2D eigenvalue weighted by Gasteiger charge is -2.07. The molecule has 0 fully saturated rings. The zero-order valence-electron chi connectivity index (χ0n) is 11.2. The van der Waals surface area contributed by atoms with Crippen molar-refractivity contribution >= 4 is 0 Å². The van der Waals surface area contributed by atoms with E-state index in [1.165, 1.54) is 0 Å². The van der Waals surface area contributed by atoms with Crippen molar-refractivity contribution in [2.75, 3.05) is 0 Å². The van der Waals surface area contributed by atoms with Crippen molar-refractivity contribution in [3.63, 3.8) is 0 Å². The second-order valence-electron chi connectivity index (χ2n) is 4.60. The minimum absolute atomic E-state index is 0.169. The Bertz CT molecular complexity index is 773. The highest BCUT2D eigenvalue weighted by Crippen LogP contribution is 2.25. The van der Waals surface area contributed by atoms with Crippen molar-refractivity contribution in [2.24, 2.45) is 0 Å². The maximum absolute atomic E-state index is 11.1. The minimum Gasteiger partial charge on any atom is -0.493 e. The van der Waals surface area contributed by atoms with E-state index in [2.05, 4.69) is 9.97 Å². The van der Waals surface area contributed by atoms with Crippen LogP contribution in [0.1, 0.15) is 5.56 Å². The fourth-order valence-electron chi connectivity index (χ4n) is 2.04. The highest BCUT2D eigenvalue weighted by atomic mass is 16.5. The standard InChI is InChI=1S/C16H14N2O3/c19-15-14(17-16(20)18-15)12-6-8-13(9-7-12)21-10-11-4-2-1-3-5-11/h1-9,19H,10H2,(H2,17,18,20). The average Bonchev–Trinajstić information content (AvgIpc) is 2.85. The molecule has 3 aromatic rings. The third kappa shape index (κ3) is 2.97. The molecule has 0 saturated heterocycles. The second kappa shape index (κ2) is 5.58. The van der Waals surface area contributed by atoms with Gasteiger partial charge in [0.05, 0.1) is 0 Å². The van der Waals surface area contributed by atoms with E-state index in [4.69, 9.17) is 4.74 Å². The highest BCUT2D eigenvalue weighted by Gasteiger charge is 2.08. The molecule has 0 aliphatic heterocycles. The maximum Gasteiger partial charge on any atom is 0.326 e. The molecule has 0 aliphatic rings. The summed E-state index contributed by atoms with van der Waals surface area (Å²) >= 11 is 0. The largest absolute Gasteiger partial charge is 0.493 e. The third-order valence-corrected chi connectivity index (χ3v) is 3.10. The van der Waals surface area contributed by atoms with Gasteiger partial charge in [0, 0.05) is 5.56 Å². The number of ether oxygens (including phenoxy) is 1. The summed E-state index contributed by atoms with van der Waals surface area (Å²) < 4.78 is 5.68. The van der Waals surface area contributed by atoms with Gasteiger partial charge in [-0.15, -0.1) is 0 Å². The SMILES string of the molecule is O=c1[nH]c(O)c(-c2ccc(OCc3ccccc3)cc2)[nH]1. The van der Waals surface area contributed by atoms with Crippen LogP contribution in [0.3, 0.4) is 0 Å². The van der Waals surface area contributed by atoms with Gasteiger partial charge in [-0.3, -0.25) is 4.98 Å². The molecule has 0 bridgehead atoms. The first-order valence-electron chi connectivity index (χ1n) is 6.51. The summed E-state index contributed by atoms with van der Waals surface area (Å²) in [5, 5.41) is 9.59. The van der Waals surface area contributed by atoms with Crippen LogP contribution < -0.4 is 10.4 Å². The molecule has 3 rings (SSSR count). The lowest BCUT2D eigenvalue weighted by Crippen LogP contribution is -2.00. The van der Waals surface area contributed by atoms with Crippen molar-refractivity contribution in [2.45, 2.75) is 6.61 Å². The maximum atomic E-state index is 11.1. The van der Waals surface area contributed by atoms with Gasteiger partial charge in [0.1, 0.15) is 18.1 Å². The molecule has 3 N–H and O–H groups in total. The molecule has 0 radical (unpaired) electrons. The molecule has 2 aromatic carbocycles. The van der Waals surface area contributed by atoms with E-state index in [9.17, 15) is 9.90 Å². The van der Waals surface area contributed by atoms with E-state index in [1.807, 2.05) is 30.3 Å². The minimum atomic E-state index is -0.438. The van der Waals surface area contributed by atoms with Crippen molar-refractivity contribution in [3.05, 3.63) is 70.6 Å². The average molecular weight is 282 g/mol. The predicted octanol–water partition coefficient (Wildman–Crippen LogP) is 2.65. The molecule has 0 atom stereocenters. The predicted molar refractivity (Wildman–Crippen MR) is 79.3 cm³/mol. The van der Waals surface area contributed by atoms with E-state index in [0.29, 0.717) is 17.9 Å². The Morgan fingerprint density at radius 1 is 0.952 bits per heavy atom. The van der Waals surface area contributed by atoms with Crippen LogP contribution in [0.4, 0.5) is 0 Å². The Balaban J connectivity index is 1.72. The number of nitrogens with one attached hydrogen (secondary N) is 2. The number of aromatic amines is 2. The molecule has 0 spiro atoms. The number of hydrogen-bond donors (Lipinski definition) is 3. The molecule has 0 aliphatic carbocycles. The molecule has 1 aromatic heterocycles. The number of rotatable bonds is 4. The van der Waals surface area contributed by atoms with Gasteiger partial charge in [0.2, 0.25) is 5.88 Å². The summed E-state index contributed by atoms with van der Waals surface area (Å²) in [6.45, 7) is 0.492. The zero-order valence-corrected chi connectivity index (χ0v) is 11.2. The highest BCUT2D eigenvalue weighted by molar-refractivity contribution is 5.64. The number of imidazole rings is 1. The van der Waals surface area contributed by atoms with Gasteiger partial charge in [-0.1, -0.05) is 30.3 Å². The monoisotopic (exact) mass is 282 g/mol. The normalized spacial score (nSPS) is 10.5. The molecular formula is C16H14N2O3. The summed E-state index contributed by atoms with van der Waals surface area (Å²) in [5.41, 5.74) is 1.73. The van der Waals surface area contributed by atoms with E-state index in [0.717, 1.165) is 11.3 Å². The molecule has 0 unspecified atom stereocenters. The van der Waals surface area contributed by atoms with Crippen molar-refractivity contribution in [1.29, 1.82) is 0 Å². The van der Waals surface area contributed by atoms with E-state index >= 15 is 0 Å². The Labute approximate surface area is 120 Å². The van der Waals surface area contributed by atoms with Crippen LogP contribution in [0.25, 0.3) is 11.3 Å². The van der Waals surface area contributed by atoms with Crippen LogP contribution in [0.5, 0.6) is 11.6 Å². The second-order valence-corrected chi connectivity index (χ2v) is 4.60. The van der Waals surface area contributed by atoms with E-state index in [-0.39, 0.29) is 5.88 Å². The lowest BCUT2D eigenvalue weighted by molar-refractivity contribution is 0.306. The Morgan fingerprint density at radius 2 is 1.67 bits per heavy atom. The molecule has 0 amide bonds. The van der Waals surface area contributed by atoms with Crippen LogP contribution in [0, 0.1) is 0 Å². The summed E-state index contributed by atoms with van der Waals surface area (Å²) in [6.07, 6.45) is 0. The summed E-state index contributed by atoms with van der Waals surface area (Å²) in [6, 6.07) is 17.0. The van der Waals surface area contributed by atoms with Crippen LogP contribution in [0.2, 0.25) is 0 Å². The summed E-state index contributed by atoms with van der Waals surface area (Å²) in [7, 11) is 0. The summed E-state index contributed by atoms with van der Waals surface area (Å²) in [4.78, 5) is 15.9. The Hall–Kier alpha value is -2.95. The number of hydrogen-bond acceptors (Lipinski definition) is 3. The van der Waals surface area contributed by atoms with Crippen molar-refractivity contribution < 1.29 is 9.84 Å². The third-order valence-electron chi connectivity index (χ3n) is 3.10. The number of benzene rings is 2. The van der Waals surface area contributed by atoms with Crippen molar-refractivity contribution in [1.82, 2.24) is 9.97 Å². The first-order valence-corrected chi connectivity index (χ1v) is 6.51. The van der Waals surface area contributed by atoms with E-state index in [1.54, 1.807) is 24.3 Å². The quantitative estimate of drug-likeness (QED) is 0.688. The van der Waals surface area contributed by atoms with Gasteiger partial charge in [-0.05, 0) is 29.8 Å². The fraction of sp³-hybridized carbons (Fsp3) is 0.0625. The molecule has 0 saturated carbocycles. The molecule has 5 heteroatoms. The zero-order chi connectivity index (χ0) is 14.7. The van der Waals surface area contributed by atoms with Gasteiger partial charge in [-0.25, -0.2) is 4.79 Å². The van der Waals surface area contributed by atoms with Gasteiger partial charge < -0.3 is 14.8 Å². The first-order chi connectivity index (χ1) is 10.2. The number of aromatic hydroxyl groups is 1. The van der Waals surface area contributed by atoms with Crippen LogP contribution in [-0.4, -0.2) is 15.1 Å². The molecule has 21 heavy (non-hydrogen) atoms. The number of aromatic nitrogens is 2. The lowest BCUT2D eigenvalue weighted by atomic mass is 10.1. The van der Waals surface area contributed by atoms with Crippen LogP contribution in [0.15, 0.2) is 59.4 Å². The molecule has 5 nitrogen and oxygen atoms in total. The Kier molecular flexibility index (Phi) is 3.47. The van der Waals surface area contributed by atoms with Gasteiger partial charge in [-0.2, -0.15) is 0 Å². The Morgan fingerprint density at radius 3 is 2.29 bits per heavy atom. The van der Waals surface area contributed by atoms with Crippen LogP contribution >= 0.6 is 0 Å². The van der Waals surface area contributed by atoms with Crippen LogP contribution in [-0.2, 0) is 6.61 Å². The molecular weight excluding hydrogens is 268 g/mol. The van der Waals surface area contributed by atoms with E-state index < -0.39 is 5.69 Å². The van der Waals surface area contributed by atoms with Gasteiger partial charge >= 0.3 is 5.69 Å². The number of H-pyrrole nitrogens is 2. The topological polar surface area (TPSA) is 78.1 Å². The molecule has 106 valence electrons. The fourth-order valence-corrected chi connectivity index (χ4v) is 2.04. The van der Waals surface area contributed by atoms with Crippen molar-refractivity contribution in [3.8, 4) is 22.9 Å².